The Morgan fingerprint density at radius 3 is 2.38 bits per heavy atom. The monoisotopic (exact) mass is 284 g/mol. The standard InChI is InChI=1S/C16H16N2O3/c19-14(18-16(15(20)21)9-4-10-16)13-8-7-12(17-13)11-5-2-1-3-6-11/h1-3,5-8,17H,4,9-10H2,(H,18,19)(H,20,21). The summed E-state index contributed by atoms with van der Waals surface area (Å²) in [5, 5.41) is 11.9. The van der Waals surface area contributed by atoms with E-state index in [-0.39, 0.29) is 5.91 Å². The van der Waals surface area contributed by atoms with E-state index in [1.165, 1.54) is 0 Å². The van der Waals surface area contributed by atoms with Gasteiger partial charge in [0.2, 0.25) is 0 Å². The van der Waals surface area contributed by atoms with E-state index in [1.54, 1.807) is 6.07 Å². The van der Waals surface area contributed by atoms with Crippen molar-refractivity contribution in [2.75, 3.05) is 0 Å². The Morgan fingerprint density at radius 1 is 1.10 bits per heavy atom. The summed E-state index contributed by atoms with van der Waals surface area (Å²) in [7, 11) is 0. The topological polar surface area (TPSA) is 82.2 Å². The number of carboxylic acids is 1. The van der Waals surface area contributed by atoms with Crippen LogP contribution in [-0.2, 0) is 4.79 Å². The van der Waals surface area contributed by atoms with Gasteiger partial charge in [-0.25, -0.2) is 4.79 Å². The van der Waals surface area contributed by atoms with E-state index >= 15 is 0 Å². The molecule has 2 aromatic rings. The number of carbonyl (C=O) groups excluding carboxylic acids is 1. The number of amides is 1. The van der Waals surface area contributed by atoms with Crippen LogP contribution in [-0.4, -0.2) is 27.5 Å². The second kappa shape index (κ2) is 5.09. The van der Waals surface area contributed by atoms with Crippen molar-refractivity contribution in [3.63, 3.8) is 0 Å². The number of aromatic nitrogens is 1. The van der Waals surface area contributed by atoms with Crippen LogP contribution in [0.25, 0.3) is 11.3 Å². The van der Waals surface area contributed by atoms with Crippen LogP contribution in [0.15, 0.2) is 42.5 Å². The summed E-state index contributed by atoms with van der Waals surface area (Å²) in [5.74, 6) is -1.34. The molecule has 0 radical (unpaired) electrons. The number of rotatable bonds is 4. The Morgan fingerprint density at radius 2 is 1.81 bits per heavy atom. The van der Waals surface area contributed by atoms with Gasteiger partial charge in [-0.2, -0.15) is 0 Å². The number of carbonyl (C=O) groups is 2. The van der Waals surface area contributed by atoms with E-state index in [0.29, 0.717) is 18.5 Å². The normalized spacial score (nSPS) is 16.0. The third-order valence-corrected chi connectivity index (χ3v) is 3.98. The van der Waals surface area contributed by atoms with E-state index in [4.69, 9.17) is 0 Å². The van der Waals surface area contributed by atoms with Crippen molar-refractivity contribution < 1.29 is 14.7 Å². The molecule has 21 heavy (non-hydrogen) atoms. The molecule has 1 fully saturated rings. The summed E-state index contributed by atoms with van der Waals surface area (Å²) in [6.45, 7) is 0. The molecule has 1 aromatic carbocycles. The molecule has 1 aliphatic rings. The minimum atomic E-state index is -1.09. The lowest BCUT2D eigenvalue weighted by molar-refractivity contribution is -0.148. The number of hydrogen-bond acceptors (Lipinski definition) is 2. The van der Waals surface area contributed by atoms with Gasteiger partial charge in [0, 0.05) is 5.69 Å². The lowest BCUT2D eigenvalue weighted by Crippen LogP contribution is -2.59. The van der Waals surface area contributed by atoms with Crippen LogP contribution < -0.4 is 5.32 Å². The fourth-order valence-electron chi connectivity index (χ4n) is 2.52. The van der Waals surface area contributed by atoms with Gasteiger partial charge in [0.1, 0.15) is 11.2 Å². The first-order chi connectivity index (χ1) is 10.1. The first-order valence-electron chi connectivity index (χ1n) is 6.91. The lowest BCUT2D eigenvalue weighted by atomic mass is 9.76. The number of aromatic amines is 1. The first-order valence-corrected chi connectivity index (χ1v) is 6.91. The van der Waals surface area contributed by atoms with Crippen molar-refractivity contribution in [3.05, 3.63) is 48.2 Å². The molecule has 0 spiro atoms. The second-order valence-corrected chi connectivity index (χ2v) is 5.35. The van der Waals surface area contributed by atoms with Gasteiger partial charge in [-0.05, 0) is 37.0 Å². The van der Waals surface area contributed by atoms with Crippen LogP contribution in [0.2, 0.25) is 0 Å². The largest absolute Gasteiger partial charge is 0.480 e. The molecule has 1 aromatic heterocycles. The smallest absolute Gasteiger partial charge is 0.329 e. The fraction of sp³-hybridized carbons (Fsp3) is 0.250. The molecule has 1 saturated carbocycles. The number of carboxylic acid groups (broad SMARTS) is 1. The van der Waals surface area contributed by atoms with E-state index in [9.17, 15) is 14.7 Å². The Kier molecular flexibility index (Phi) is 3.25. The Labute approximate surface area is 122 Å². The summed E-state index contributed by atoms with van der Waals surface area (Å²) in [6.07, 6.45) is 1.80. The molecule has 0 atom stereocenters. The lowest BCUT2D eigenvalue weighted by Gasteiger charge is -2.38. The minimum absolute atomic E-state index is 0.376. The fourth-order valence-corrected chi connectivity index (χ4v) is 2.52. The van der Waals surface area contributed by atoms with E-state index in [2.05, 4.69) is 10.3 Å². The highest BCUT2D eigenvalue weighted by atomic mass is 16.4. The molecule has 108 valence electrons. The molecule has 0 bridgehead atoms. The Bertz CT molecular complexity index is 672. The number of hydrogen-bond donors (Lipinski definition) is 3. The summed E-state index contributed by atoms with van der Waals surface area (Å²) < 4.78 is 0. The maximum atomic E-state index is 12.2. The highest BCUT2D eigenvalue weighted by Gasteiger charge is 2.45. The van der Waals surface area contributed by atoms with Crippen molar-refractivity contribution >= 4 is 11.9 Å². The molecular weight excluding hydrogens is 268 g/mol. The van der Waals surface area contributed by atoms with E-state index in [0.717, 1.165) is 17.7 Å². The summed E-state index contributed by atoms with van der Waals surface area (Å²) in [6, 6.07) is 13.1. The van der Waals surface area contributed by atoms with Crippen molar-refractivity contribution in [3.8, 4) is 11.3 Å². The molecule has 0 aliphatic heterocycles. The molecule has 5 heteroatoms. The molecule has 0 unspecified atom stereocenters. The summed E-state index contributed by atoms with van der Waals surface area (Å²) >= 11 is 0. The van der Waals surface area contributed by atoms with Crippen LogP contribution >= 0.6 is 0 Å². The van der Waals surface area contributed by atoms with Crippen LogP contribution in [0.4, 0.5) is 0 Å². The number of benzene rings is 1. The van der Waals surface area contributed by atoms with Gasteiger partial charge in [0.25, 0.3) is 5.91 Å². The van der Waals surface area contributed by atoms with Gasteiger partial charge in [0.15, 0.2) is 0 Å². The quantitative estimate of drug-likeness (QED) is 0.806. The highest BCUT2D eigenvalue weighted by Crippen LogP contribution is 2.32. The van der Waals surface area contributed by atoms with Crippen molar-refractivity contribution in [1.82, 2.24) is 10.3 Å². The number of aliphatic carboxylic acids is 1. The molecular formula is C16H16N2O3. The zero-order chi connectivity index (χ0) is 14.9. The third-order valence-electron chi connectivity index (χ3n) is 3.98. The maximum absolute atomic E-state index is 12.2. The maximum Gasteiger partial charge on any atom is 0.329 e. The zero-order valence-corrected chi connectivity index (χ0v) is 11.4. The molecule has 5 nitrogen and oxygen atoms in total. The number of H-pyrrole nitrogens is 1. The average Bonchev–Trinajstić information content (AvgIpc) is 2.93. The van der Waals surface area contributed by atoms with Gasteiger partial charge < -0.3 is 15.4 Å². The molecule has 1 aliphatic carbocycles. The molecule has 3 rings (SSSR count). The predicted molar refractivity (Wildman–Crippen MR) is 77.9 cm³/mol. The van der Waals surface area contributed by atoms with Crippen molar-refractivity contribution in [2.45, 2.75) is 24.8 Å². The summed E-state index contributed by atoms with van der Waals surface area (Å²) in [4.78, 5) is 26.5. The zero-order valence-electron chi connectivity index (χ0n) is 11.4. The second-order valence-electron chi connectivity index (χ2n) is 5.35. The van der Waals surface area contributed by atoms with Gasteiger partial charge in [-0.1, -0.05) is 30.3 Å². The van der Waals surface area contributed by atoms with Crippen molar-refractivity contribution in [2.24, 2.45) is 0 Å². The van der Waals surface area contributed by atoms with Gasteiger partial charge in [-0.3, -0.25) is 4.79 Å². The van der Waals surface area contributed by atoms with Crippen molar-refractivity contribution in [1.29, 1.82) is 0 Å². The van der Waals surface area contributed by atoms with E-state index in [1.807, 2.05) is 36.4 Å². The van der Waals surface area contributed by atoms with Gasteiger partial charge >= 0.3 is 5.97 Å². The van der Waals surface area contributed by atoms with E-state index < -0.39 is 11.5 Å². The van der Waals surface area contributed by atoms with Crippen LogP contribution in [0.5, 0.6) is 0 Å². The third kappa shape index (κ3) is 2.42. The van der Waals surface area contributed by atoms with Crippen LogP contribution in [0.3, 0.4) is 0 Å². The highest BCUT2D eigenvalue weighted by molar-refractivity contribution is 5.97. The molecule has 0 saturated heterocycles. The Hall–Kier alpha value is -2.56. The van der Waals surface area contributed by atoms with Crippen LogP contribution in [0, 0.1) is 0 Å². The molecule has 1 amide bonds. The first kappa shape index (κ1) is 13.4. The molecule has 1 heterocycles. The summed E-state index contributed by atoms with van der Waals surface area (Å²) in [5.41, 5.74) is 1.10. The molecule has 3 N–H and O–H groups in total. The minimum Gasteiger partial charge on any atom is -0.480 e. The van der Waals surface area contributed by atoms with Crippen LogP contribution in [0.1, 0.15) is 29.8 Å². The predicted octanol–water partition coefficient (Wildman–Crippen LogP) is 2.42. The average molecular weight is 284 g/mol. The number of nitrogens with one attached hydrogen (secondary N) is 2. The van der Waals surface area contributed by atoms with Gasteiger partial charge in [0.05, 0.1) is 0 Å². The Balaban J connectivity index is 1.77. The SMILES string of the molecule is O=C(NC1(C(=O)O)CCC1)c1ccc(-c2ccccc2)[nH]1. The van der Waals surface area contributed by atoms with Gasteiger partial charge in [-0.15, -0.1) is 0 Å².